The third kappa shape index (κ3) is 2.70. The van der Waals surface area contributed by atoms with Gasteiger partial charge >= 0.3 is 0 Å². The van der Waals surface area contributed by atoms with Crippen molar-refractivity contribution in [3.05, 3.63) is 70.3 Å². The maximum atomic E-state index is 13.7. The van der Waals surface area contributed by atoms with Crippen LogP contribution in [0.25, 0.3) is 0 Å². The van der Waals surface area contributed by atoms with E-state index < -0.39 is 11.6 Å². The van der Waals surface area contributed by atoms with Crippen molar-refractivity contribution in [1.82, 2.24) is 5.32 Å². The van der Waals surface area contributed by atoms with Crippen LogP contribution in [0.1, 0.15) is 34.6 Å². The zero-order chi connectivity index (χ0) is 14.8. The summed E-state index contributed by atoms with van der Waals surface area (Å²) in [6.07, 6.45) is 2.52. The molecule has 110 valence electrons. The van der Waals surface area contributed by atoms with Gasteiger partial charge in [-0.25, -0.2) is 8.78 Å². The van der Waals surface area contributed by atoms with Crippen LogP contribution in [-0.2, 0) is 12.8 Å². The van der Waals surface area contributed by atoms with Crippen molar-refractivity contribution < 1.29 is 8.78 Å². The number of benzene rings is 2. The van der Waals surface area contributed by atoms with Crippen molar-refractivity contribution in [3.8, 4) is 0 Å². The van der Waals surface area contributed by atoms with Gasteiger partial charge in [0.15, 0.2) is 11.6 Å². The molecule has 1 aliphatic carbocycles. The quantitative estimate of drug-likeness (QED) is 0.905. The topological polar surface area (TPSA) is 12.0 Å². The Labute approximate surface area is 124 Å². The Hall–Kier alpha value is -1.74. The molecule has 0 saturated heterocycles. The first kappa shape index (κ1) is 14.2. The molecular formula is C18H19F2N. The van der Waals surface area contributed by atoms with Crippen molar-refractivity contribution in [2.45, 2.75) is 25.2 Å². The van der Waals surface area contributed by atoms with E-state index in [-0.39, 0.29) is 5.92 Å². The Balaban J connectivity index is 2.13. The first-order valence-electron chi connectivity index (χ1n) is 7.41. The van der Waals surface area contributed by atoms with Crippen molar-refractivity contribution in [1.29, 1.82) is 0 Å². The summed E-state index contributed by atoms with van der Waals surface area (Å²) in [6, 6.07) is 11.1. The Morgan fingerprint density at radius 1 is 1.00 bits per heavy atom. The van der Waals surface area contributed by atoms with Gasteiger partial charge in [-0.15, -0.1) is 0 Å². The lowest BCUT2D eigenvalue weighted by Crippen LogP contribution is -2.14. The average Bonchev–Trinajstić information content (AvgIpc) is 2.63. The molecule has 1 atom stereocenters. The molecule has 0 radical (unpaired) electrons. The SMILES string of the molecule is CNCCC1c2ccccc2CCc2cc(F)c(F)cc21. The first-order chi connectivity index (χ1) is 10.2. The fourth-order valence-electron chi connectivity index (χ4n) is 3.28. The molecule has 2 aromatic rings. The zero-order valence-corrected chi connectivity index (χ0v) is 12.1. The molecule has 1 aliphatic rings. The summed E-state index contributed by atoms with van der Waals surface area (Å²) in [5.41, 5.74) is 4.41. The van der Waals surface area contributed by atoms with Crippen LogP contribution in [0.4, 0.5) is 8.78 Å². The number of hydrogen-bond donors (Lipinski definition) is 1. The van der Waals surface area contributed by atoms with Crippen LogP contribution in [-0.4, -0.2) is 13.6 Å². The summed E-state index contributed by atoms with van der Waals surface area (Å²) in [6.45, 7) is 0.845. The van der Waals surface area contributed by atoms with E-state index in [1.807, 2.05) is 19.2 Å². The normalized spacial score (nSPS) is 17.0. The summed E-state index contributed by atoms with van der Waals surface area (Å²) in [4.78, 5) is 0. The van der Waals surface area contributed by atoms with Gasteiger partial charge in [0.2, 0.25) is 0 Å². The number of nitrogens with one attached hydrogen (secondary N) is 1. The van der Waals surface area contributed by atoms with E-state index in [0.717, 1.165) is 36.9 Å². The minimum atomic E-state index is -0.748. The van der Waals surface area contributed by atoms with Crippen molar-refractivity contribution in [3.63, 3.8) is 0 Å². The predicted molar refractivity (Wildman–Crippen MR) is 80.6 cm³/mol. The summed E-state index contributed by atoms with van der Waals surface area (Å²) in [5.74, 6) is -1.36. The minimum Gasteiger partial charge on any atom is -0.320 e. The monoisotopic (exact) mass is 287 g/mol. The molecule has 0 aliphatic heterocycles. The van der Waals surface area contributed by atoms with Crippen LogP contribution < -0.4 is 5.32 Å². The highest BCUT2D eigenvalue weighted by atomic mass is 19.2. The molecular weight excluding hydrogens is 268 g/mol. The third-order valence-electron chi connectivity index (χ3n) is 4.33. The third-order valence-corrected chi connectivity index (χ3v) is 4.33. The van der Waals surface area contributed by atoms with Gasteiger partial charge < -0.3 is 5.32 Å². The molecule has 3 heteroatoms. The molecule has 1 N–H and O–H groups in total. The molecule has 0 heterocycles. The van der Waals surface area contributed by atoms with Gasteiger partial charge in [0.05, 0.1) is 0 Å². The van der Waals surface area contributed by atoms with Crippen LogP contribution in [0.15, 0.2) is 36.4 Å². The molecule has 3 rings (SSSR count). The Kier molecular flexibility index (Phi) is 4.02. The molecule has 0 aromatic heterocycles. The predicted octanol–water partition coefficient (Wildman–Crippen LogP) is 3.80. The lowest BCUT2D eigenvalue weighted by atomic mass is 9.85. The number of halogens is 2. The standard InChI is InChI=1S/C18H19F2N/c1-21-9-8-15-14-5-3-2-4-12(14)6-7-13-10-17(19)18(20)11-16(13)15/h2-5,10-11,15,21H,6-9H2,1H3. The summed E-state index contributed by atoms with van der Waals surface area (Å²) < 4.78 is 27.3. The molecule has 1 unspecified atom stereocenters. The highest BCUT2D eigenvalue weighted by molar-refractivity contribution is 5.45. The van der Waals surface area contributed by atoms with Gasteiger partial charge in [0, 0.05) is 5.92 Å². The van der Waals surface area contributed by atoms with E-state index in [2.05, 4.69) is 17.4 Å². The van der Waals surface area contributed by atoms with Crippen LogP contribution in [0, 0.1) is 11.6 Å². The molecule has 2 aromatic carbocycles. The van der Waals surface area contributed by atoms with E-state index in [4.69, 9.17) is 0 Å². The van der Waals surface area contributed by atoms with Crippen LogP contribution >= 0.6 is 0 Å². The van der Waals surface area contributed by atoms with E-state index in [1.54, 1.807) is 0 Å². The van der Waals surface area contributed by atoms with Crippen LogP contribution in [0.5, 0.6) is 0 Å². The molecule has 0 spiro atoms. The molecule has 0 bridgehead atoms. The Morgan fingerprint density at radius 2 is 1.71 bits per heavy atom. The van der Waals surface area contributed by atoms with Crippen molar-refractivity contribution >= 4 is 0 Å². The Morgan fingerprint density at radius 3 is 2.52 bits per heavy atom. The zero-order valence-electron chi connectivity index (χ0n) is 12.1. The summed E-state index contributed by atoms with van der Waals surface area (Å²) in [7, 11) is 1.91. The van der Waals surface area contributed by atoms with E-state index >= 15 is 0 Å². The number of aryl methyl sites for hydroxylation is 2. The number of rotatable bonds is 3. The molecule has 0 saturated carbocycles. The maximum Gasteiger partial charge on any atom is 0.159 e. The summed E-state index contributed by atoms with van der Waals surface area (Å²) in [5, 5.41) is 3.16. The number of fused-ring (bicyclic) bond motifs is 2. The van der Waals surface area contributed by atoms with E-state index in [1.165, 1.54) is 23.3 Å². The van der Waals surface area contributed by atoms with Gasteiger partial charge in [0.1, 0.15) is 0 Å². The second-order valence-corrected chi connectivity index (χ2v) is 5.61. The fraction of sp³-hybridized carbons (Fsp3) is 0.333. The lowest BCUT2D eigenvalue weighted by molar-refractivity contribution is 0.503. The Bertz CT molecular complexity index is 652. The van der Waals surface area contributed by atoms with Gasteiger partial charge in [-0.3, -0.25) is 0 Å². The van der Waals surface area contributed by atoms with Gasteiger partial charge in [0.25, 0.3) is 0 Å². The highest BCUT2D eigenvalue weighted by Crippen LogP contribution is 2.37. The van der Waals surface area contributed by atoms with Crippen LogP contribution in [0.3, 0.4) is 0 Å². The highest BCUT2D eigenvalue weighted by Gasteiger charge is 2.24. The lowest BCUT2D eigenvalue weighted by Gasteiger charge is -2.20. The summed E-state index contributed by atoms with van der Waals surface area (Å²) >= 11 is 0. The van der Waals surface area contributed by atoms with Crippen LogP contribution in [0.2, 0.25) is 0 Å². The average molecular weight is 287 g/mol. The first-order valence-corrected chi connectivity index (χ1v) is 7.41. The van der Waals surface area contributed by atoms with Gasteiger partial charge in [-0.2, -0.15) is 0 Å². The van der Waals surface area contributed by atoms with Gasteiger partial charge in [-0.1, -0.05) is 24.3 Å². The molecule has 21 heavy (non-hydrogen) atoms. The van der Waals surface area contributed by atoms with E-state index in [0.29, 0.717) is 0 Å². The molecule has 0 amide bonds. The largest absolute Gasteiger partial charge is 0.320 e. The molecule has 0 fully saturated rings. The van der Waals surface area contributed by atoms with E-state index in [9.17, 15) is 8.78 Å². The van der Waals surface area contributed by atoms with Crippen molar-refractivity contribution in [2.24, 2.45) is 0 Å². The molecule has 1 nitrogen and oxygen atoms in total. The smallest absolute Gasteiger partial charge is 0.159 e. The minimum absolute atomic E-state index is 0.126. The fourth-order valence-corrected chi connectivity index (χ4v) is 3.28. The second kappa shape index (κ2) is 5.94. The maximum absolute atomic E-state index is 13.7. The van der Waals surface area contributed by atoms with Gasteiger partial charge in [-0.05, 0) is 67.2 Å². The second-order valence-electron chi connectivity index (χ2n) is 5.61. The number of hydrogen-bond acceptors (Lipinski definition) is 1. The van der Waals surface area contributed by atoms with Crippen molar-refractivity contribution in [2.75, 3.05) is 13.6 Å².